The maximum absolute atomic E-state index is 16.0. The SMILES string of the molecule is CC(C)C(=O)n1c2cncc(c2)c2ncc3[nH][nH]c(c4nc5cncc(c6ccc1s6)c5n4)-c3c2F. The second kappa shape index (κ2) is 7.49. The Kier molecular flexibility index (Phi) is 4.33. The maximum atomic E-state index is 16.0. The maximum Gasteiger partial charge on any atom is 0.234 e. The van der Waals surface area contributed by atoms with E-state index in [-0.39, 0.29) is 22.9 Å². The van der Waals surface area contributed by atoms with Gasteiger partial charge < -0.3 is 0 Å². The van der Waals surface area contributed by atoms with E-state index < -0.39 is 5.82 Å². The molecule has 0 spiro atoms. The highest BCUT2D eigenvalue weighted by Crippen LogP contribution is 2.34. The molecule has 0 fully saturated rings. The Bertz CT molecular complexity index is 2030. The number of halogens is 1. The topological polar surface area (TPSA) is 118 Å². The van der Waals surface area contributed by atoms with Gasteiger partial charge in [0.1, 0.15) is 27.1 Å². The monoisotopic (exact) mass is 496 g/mol. The van der Waals surface area contributed by atoms with E-state index in [0.29, 0.717) is 43.6 Å². The summed E-state index contributed by atoms with van der Waals surface area (Å²) < 4.78 is 18.5. The predicted octanol–water partition coefficient (Wildman–Crippen LogP) is 5.61. The van der Waals surface area contributed by atoms with Crippen molar-refractivity contribution in [3.63, 3.8) is 0 Å². The number of hydrogen-bond donors (Lipinski definition) is 2. The van der Waals surface area contributed by atoms with Crippen LogP contribution in [-0.2, 0) is 0 Å². The lowest BCUT2D eigenvalue weighted by atomic mass is 10.1. The number of carbonyl (C=O) groups is 1. The molecule has 36 heavy (non-hydrogen) atoms. The third-order valence-electron chi connectivity index (χ3n) is 6.20. The highest BCUT2D eigenvalue weighted by molar-refractivity contribution is 7.24. The number of nitrogens with one attached hydrogen (secondary N) is 2. The number of aromatic nitrogens is 8. The summed E-state index contributed by atoms with van der Waals surface area (Å²) in [5.41, 5.74) is 3.40. The van der Waals surface area contributed by atoms with Gasteiger partial charge in [0.05, 0.1) is 35.2 Å². The number of fused-ring (bicyclic) bond motifs is 9. The van der Waals surface area contributed by atoms with Crippen LogP contribution >= 0.6 is 11.3 Å². The zero-order valence-corrected chi connectivity index (χ0v) is 19.9. The van der Waals surface area contributed by atoms with E-state index in [1.807, 2.05) is 26.0 Å². The summed E-state index contributed by atoms with van der Waals surface area (Å²) in [6, 6.07) is 5.56. The van der Waals surface area contributed by atoms with Crippen LogP contribution in [0.5, 0.6) is 0 Å². The van der Waals surface area contributed by atoms with Gasteiger partial charge in [0.2, 0.25) is 5.91 Å². The number of hydrogen-bond acceptors (Lipinski definition) is 7. The van der Waals surface area contributed by atoms with Crippen LogP contribution in [0.25, 0.3) is 64.8 Å². The molecule has 2 aliphatic rings. The van der Waals surface area contributed by atoms with E-state index >= 15 is 4.39 Å². The summed E-state index contributed by atoms with van der Waals surface area (Å²) in [6.45, 7) is 3.68. The minimum Gasteiger partial charge on any atom is -0.298 e. The average molecular weight is 497 g/mol. The normalized spacial score (nSPS) is 12.1. The zero-order valence-electron chi connectivity index (χ0n) is 19.1. The van der Waals surface area contributed by atoms with Crippen LogP contribution in [0.4, 0.5) is 4.39 Å². The fourth-order valence-corrected chi connectivity index (χ4v) is 5.50. The first-order valence-corrected chi connectivity index (χ1v) is 12.1. The number of imidazole rings is 1. The van der Waals surface area contributed by atoms with Gasteiger partial charge in [0, 0.05) is 33.8 Å². The molecule has 5 aromatic rings. The molecule has 8 bridgehead atoms. The summed E-state index contributed by atoms with van der Waals surface area (Å²) in [7, 11) is 0. The standard InChI is InChI=1S/C25H17FN8OS/c1-11(2)25(35)34-13-5-12(6-27-7-13)21-20(26)19-15(10-29-21)32-33-23(19)24-30-16-9-28-8-14(22(16)31-24)17-3-4-18(34)36-17/h3-11,32-33H,1-2H3. The van der Waals surface area contributed by atoms with Gasteiger partial charge >= 0.3 is 0 Å². The van der Waals surface area contributed by atoms with Gasteiger partial charge in [-0.1, -0.05) is 13.8 Å². The summed E-state index contributed by atoms with van der Waals surface area (Å²) in [5.74, 6) is -0.926. The van der Waals surface area contributed by atoms with Gasteiger partial charge in [-0.25, -0.2) is 14.4 Å². The number of nitrogens with zero attached hydrogens (tertiary/aromatic N) is 6. The molecule has 0 aromatic carbocycles. The molecule has 0 unspecified atom stereocenters. The van der Waals surface area contributed by atoms with Gasteiger partial charge in [-0.2, -0.15) is 0 Å². The van der Waals surface area contributed by atoms with Crippen molar-refractivity contribution in [3.8, 4) is 11.3 Å². The average Bonchev–Trinajstić information content (AvgIpc) is 3.62. The molecule has 0 saturated carbocycles. The van der Waals surface area contributed by atoms with Crippen molar-refractivity contribution < 1.29 is 9.18 Å². The first kappa shape index (κ1) is 20.8. The molecule has 9 nitrogen and oxygen atoms in total. The number of H-pyrrole nitrogens is 2. The van der Waals surface area contributed by atoms with Crippen LogP contribution in [0.2, 0.25) is 0 Å². The molecule has 7 heterocycles. The molecule has 2 aliphatic heterocycles. The van der Waals surface area contributed by atoms with Crippen LogP contribution in [0.1, 0.15) is 18.6 Å². The number of carbonyl (C=O) groups excluding carboxylic acids is 1. The summed E-state index contributed by atoms with van der Waals surface area (Å²) in [4.78, 5) is 36.6. The highest BCUT2D eigenvalue weighted by atomic mass is 32.1. The quantitative estimate of drug-likeness (QED) is 0.305. The van der Waals surface area contributed by atoms with E-state index in [9.17, 15) is 4.79 Å². The van der Waals surface area contributed by atoms with E-state index in [4.69, 9.17) is 4.98 Å². The third kappa shape index (κ3) is 2.92. The molecular formula is C25H17FN8OS. The van der Waals surface area contributed by atoms with Crippen molar-refractivity contribution >= 4 is 70.8 Å². The second-order valence-corrected chi connectivity index (χ2v) is 9.90. The molecule has 5 aromatic heterocycles. The molecule has 11 heteroatoms. The van der Waals surface area contributed by atoms with Gasteiger partial charge in [0.15, 0.2) is 11.5 Å². The Morgan fingerprint density at radius 1 is 1.03 bits per heavy atom. The lowest BCUT2D eigenvalue weighted by molar-refractivity contribution is 0.0865. The van der Waals surface area contributed by atoms with E-state index in [1.165, 1.54) is 17.5 Å². The Labute approximate surface area is 205 Å². The van der Waals surface area contributed by atoms with Crippen molar-refractivity contribution in [1.29, 1.82) is 0 Å². The number of aromatic amines is 2. The fraction of sp³-hybridized carbons (Fsp3) is 0.120. The minimum absolute atomic E-state index is 0.107. The first-order valence-electron chi connectivity index (χ1n) is 11.3. The van der Waals surface area contributed by atoms with E-state index in [2.05, 4.69) is 30.1 Å². The molecule has 7 rings (SSSR count). The lowest BCUT2D eigenvalue weighted by Crippen LogP contribution is -2.17. The van der Waals surface area contributed by atoms with Crippen LogP contribution in [-0.4, -0.2) is 45.6 Å². The van der Waals surface area contributed by atoms with Gasteiger partial charge in [-0.3, -0.25) is 34.5 Å². The summed E-state index contributed by atoms with van der Waals surface area (Å²) >= 11 is 1.44. The van der Waals surface area contributed by atoms with Crippen molar-refractivity contribution in [1.82, 2.24) is 39.7 Å². The third-order valence-corrected chi connectivity index (χ3v) is 7.31. The summed E-state index contributed by atoms with van der Waals surface area (Å²) in [5, 5.41) is 7.19. The smallest absolute Gasteiger partial charge is 0.234 e. The largest absolute Gasteiger partial charge is 0.298 e. The van der Waals surface area contributed by atoms with Crippen molar-refractivity contribution in [2.75, 3.05) is 0 Å². The first-order chi connectivity index (χ1) is 17.5. The van der Waals surface area contributed by atoms with Crippen molar-refractivity contribution in [3.05, 3.63) is 55.0 Å². The summed E-state index contributed by atoms with van der Waals surface area (Å²) in [6.07, 6.45) is 8.06. The van der Waals surface area contributed by atoms with Gasteiger partial charge in [-0.05, 0) is 18.2 Å². The molecule has 176 valence electrons. The number of thiophene rings is 1. The van der Waals surface area contributed by atoms with E-state index in [1.54, 1.807) is 35.4 Å². The van der Waals surface area contributed by atoms with E-state index in [0.717, 1.165) is 10.1 Å². The Morgan fingerprint density at radius 3 is 2.75 bits per heavy atom. The molecule has 0 radical (unpaired) electrons. The lowest BCUT2D eigenvalue weighted by Gasteiger charge is -2.10. The molecule has 0 amide bonds. The predicted molar refractivity (Wildman–Crippen MR) is 137 cm³/mol. The van der Waals surface area contributed by atoms with Gasteiger partial charge in [-0.15, -0.1) is 11.3 Å². The number of pyridine rings is 3. The second-order valence-electron chi connectivity index (χ2n) is 8.83. The van der Waals surface area contributed by atoms with Crippen LogP contribution in [0.15, 0.2) is 49.2 Å². The molecule has 0 aliphatic carbocycles. The van der Waals surface area contributed by atoms with Crippen LogP contribution < -0.4 is 0 Å². The Morgan fingerprint density at radius 2 is 1.89 bits per heavy atom. The molecule has 0 saturated heterocycles. The number of rotatable bonds is 1. The molecular weight excluding hydrogens is 479 g/mol. The molecule has 2 N–H and O–H groups in total. The molecule has 0 atom stereocenters. The Balaban J connectivity index is 1.77. The fourth-order valence-electron chi connectivity index (χ4n) is 4.46. The van der Waals surface area contributed by atoms with Crippen molar-refractivity contribution in [2.24, 2.45) is 5.92 Å². The minimum atomic E-state index is -0.541. The van der Waals surface area contributed by atoms with Gasteiger partial charge in [0.25, 0.3) is 0 Å². The Hall–Kier alpha value is -4.51. The zero-order chi connectivity index (χ0) is 24.6. The highest BCUT2D eigenvalue weighted by Gasteiger charge is 2.21. The van der Waals surface area contributed by atoms with Crippen LogP contribution in [0, 0.1) is 11.7 Å². The van der Waals surface area contributed by atoms with Crippen LogP contribution in [0.3, 0.4) is 0 Å². The van der Waals surface area contributed by atoms with Crippen molar-refractivity contribution in [2.45, 2.75) is 13.8 Å².